The van der Waals surface area contributed by atoms with Gasteiger partial charge in [-0.25, -0.2) is 4.90 Å². The van der Waals surface area contributed by atoms with Crippen LogP contribution in [0.5, 0.6) is 0 Å². The number of carboxylic acids is 1. The van der Waals surface area contributed by atoms with Crippen LogP contribution in [0.3, 0.4) is 0 Å². The van der Waals surface area contributed by atoms with Crippen molar-refractivity contribution in [1.82, 2.24) is 0 Å². The summed E-state index contributed by atoms with van der Waals surface area (Å²) in [6, 6.07) is 6.53. The predicted octanol–water partition coefficient (Wildman–Crippen LogP) is 2.18. The predicted molar refractivity (Wildman–Crippen MR) is 77.1 cm³/mol. The average molecular weight is 314 g/mol. The average Bonchev–Trinajstić information content (AvgIpc) is 2.64. The van der Waals surface area contributed by atoms with Gasteiger partial charge in [0, 0.05) is 17.2 Å². The van der Waals surface area contributed by atoms with Crippen LogP contribution >= 0.6 is 23.4 Å². The molecule has 106 valence electrons. The monoisotopic (exact) mass is 313 g/mol. The molecule has 1 aliphatic rings. The molecular formula is C13H12ClNO4S. The Bertz CT molecular complexity index is 563. The number of rotatable bonds is 5. The van der Waals surface area contributed by atoms with E-state index in [4.69, 9.17) is 16.7 Å². The maximum Gasteiger partial charge on any atom is 0.304 e. The smallest absolute Gasteiger partial charge is 0.304 e. The van der Waals surface area contributed by atoms with E-state index in [0.717, 1.165) is 4.90 Å². The highest BCUT2D eigenvalue weighted by Crippen LogP contribution is 2.30. The van der Waals surface area contributed by atoms with Gasteiger partial charge in [0.2, 0.25) is 11.8 Å². The van der Waals surface area contributed by atoms with E-state index in [1.165, 1.54) is 11.8 Å². The molecule has 1 saturated heterocycles. The van der Waals surface area contributed by atoms with Gasteiger partial charge in [0.05, 0.1) is 17.4 Å². The van der Waals surface area contributed by atoms with Gasteiger partial charge < -0.3 is 5.11 Å². The van der Waals surface area contributed by atoms with Crippen molar-refractivity contribution >= 4 is 46.8 Å². The molecule has 0 radical (unpaired) electrons. The van der Waals surface area contributed by atoms with Gasteiger partial charge in [-0.15, -0.1) is 11.8 Å². The molecular weight excluding hydrogens is 302 g/mol. The second-order valence-corrected chi connectivity index (χ2v) is 6.00. The topological polar surface area (TPSA) is 74.7 Å². The molecule has 0 saturated carbocycles. The Morgan fingerprint density at radius 2 is 2.20 bits per heavy atom. The summed E-state index contributed by atoms with van der Waals surface area (Å²) in [5, 5.41) is 8.51. The minimum atomic E-state index is -0.916. The molecule has 1 heterocycles. The molecule has 1 atom stereocenters. The second kappa shape index (κ2) is 6.28. The van der Waals surface area contributed by atoms with E-state index < -0.39 is 11.2 Å². The number of benzene rings is 1. The molecule has 7 heteroatoms. The van der Waals surface area contributed by atoms with Gasteiger partial charge in [0.1, 0.15) is 0 Å². The van der Waals surface area contributed by atoms with Crippen LogP contribution in [0.15, 0.2) is 24.3 Å². The Balaban J connectivity index is 2.07. The number of carboxylic acid groups (broad SMARTS) is 1. The second-order valence-electron chi connectivity index (χ2n) is 4.25. The summed E-state index contributed by atoms with van der Waals surface area (Å²) in [5.41, 5.74) is 0.453. The highest BCUT2D eigenvalue weighted by molar-refractivity contribution is 8.00. The number of carbonyl (C=O) groups excluding carboxylic acids is 2. The third-order valence-corrected chi connectivity index (χ3v) is 4.25. The van der Waals surface area contributed by atoms with E-state index in [9.17, 15) is 14.4 Å². The zero-order valence-electron chi connectivity index (χ0n) is 10.4. The molecule has 2 amide bonds. The van der Waals surface area contributed by atoms with Gasteiger partial charge >= 0.3 is 5.97 Å². The van der Waals surface area contributed by atoms with E-state index in [0.29, 0.717) is 16.5 Å². The Kier molecular flexibility index (Phi) is 4.67. The zero-order valence-corrected chi connectivity index (χ0v) is 12.0. The van der Waals surface area contributed by atoms with Crippen LogP contribution in [-0.4, -0.2) is 33.9 Å². The Hall–Kier alpha value is -1.53. The summed E-state index contributed by atoms with van der Waals surface area (Å²) < 4.78 is 0. The van der Waals surface area contributed by atoms with Crippen LogP contribution in [-0.2, 0) is 14.4 Å². The first-order valence-electron chi connectivity index (χ1n) is 5.95. The molecule has 1 aromatic carbocycles. The molecule has 20 heavy (non-hydrogen) atoms. The van der Waals surface area contributed by atoms with Crippen LogP contribution in [0.1, 0.15) is 12.8 Å². The van der Waals surface area contributed by atoms with Crippen LogP contribution in [0.25, 0.3) is 0 Å². The first kappa shape index (κ1) is 14.9. The van der Waals surface area contributed by atoms with Crippen molar-refractivity contribution in [2.75, 3.05) is 10.7 Å². The first-order chi connectivity index (χ1) is 9.49. The van der Waals surface area contributed by atoms with Gasteiger partial charge in [-0.3, -0.25) is 14.4 Å². The van der Waals surface area contributed by atoms with Crippen LogP contribution in [0.2, 0.25) is 5.02 Å². The van der Waals surface area contributed by atoms with Crippen molar-refractivity contribution in [1.29, 1.82) is 0 Å². The Morgan fingerprint density at radius 1 is 1.45 bits per heavy atom. The number of carbonyl (C=O) groups is 3. The number of amides is 2. The lowest BCUT2D eigenvalue weighted by Crippen LogP contribution is -2.31. The molecule has 0 aromatic heterocycles. The summed E-state index contributed by atoms with van der Waals surface area (Å²) in [6.45, 7) is 0. The lowest BCUT2D eigenvalue weighted by molar-refractivity contribution is -0.136. The number of thioether (sulfide) groups is 1. The lowest BCUT2D eigenvalue weighted by atomic mass is 10.3. The van der Waals surface area contributed by atoms with Gasteiger partial charge in [0.15, 0.2) is 0 Å². The number of aliphatic carboxylic acids is 1. The van der Waals surface area contributed by atoms with Crippen molar-refractivity contribution in [2.24, 2.45) is 0 Å². The molecule has 0 spiro atoms. The molecule has 5 nitrogen and oxygen atoms in total. The minimum absolute atomic E-state index is 0.0280. The maximum absolute atomic E-state index is 12.2. The van der Waals surface area contributed by atoms with Crippen LogP contribution < -0.4 is 4.90 Å². The third kappa shape index (κ3) is 3.32. The van der Waals surface area contributed by atoms with Gasteiger partial charge in [0.25, 0.3) is 0 Å². The highest BCUT2D eigenvalue weighted by atomic mass is 35.5. The zero-order chi connectivity index (χ0) is 14.7. The summed E-state index contributed by atoms with van der Waals surface area (Å²) in [5.74, 6) is -1.21. The quantitative estimate of drug-likeness (QED) is 0.843. The number of hydrogen-bond acceptors (Lipinski definition) is 4. The summed E-state index contributed by atoms with van der Waals surface area (Å²) >= 11 is 7.05. The highest BCUT2D eigenvalue weighted by Gasteiger charge is 2.39. The van der Waals surface area contributed by atoms with E-state index >= 15 is 0 Å². The summed E-state index contributed by atoms with van der Waals surface area (Å²) in [4.78, 5) is 35.7. The van der Waals surface area contributed by atoms with Crippen molar-refractivity contribution in [3.05, 3.63) is 29.3 Å². The van der Waals surface area contributed by atoms with Crippen molar-refractivity contribution in [2.45, 2.75) is 18.1 Å². The Morgan fingerprint density at radius 3 is 2.85 bits per heavy atom. The summed E-state index contributed by atoms with van der Waals surface area (Å²) in [7, 11) is 0. The molecule has 0 aliphatic carbocycles. The number of nitrogens with zero attached hydrogens (tertiary/aromatic N) is 1. The van der Waals surface area contributed by atoms with Crippen molar-refractivity contribution in [3.63, 3.8) is 0 Å². The fourth-order valence-corrected chi connectivity index (χ4v) is 3.18. The fourth-order valence-electron chi connectivity index (χ4n) is 1.91. The standard InChI is InChI=1S/C13H12ClNO4S/c14-8-2-1-3-9(6-8)15-11(16)7-10(13(15)19)20-5-4-12(17)18/h1-3,6,10H,4-5,7H2,(H,17,18). The molecule has 1 fully saturated rings. The third-order valence-electron chi connectivity index (χ3n) is 2.81. The van der Waals surface area contributed by atoms with Crippen molar-refractivity contribution in [3.8, 4) is 0 Å². The van der Waals surface area contributed by atoms with E-state index in [-0.39, 0.29) is 24.7 Å². The molecule has 1 N–H and O–H groups in total. The van der Waals surface area contributed by atoms with Crippen LogP contribution in [0, 0.1) is 0 Å². The molecule has 2 rings (SSSR count). The van der Waals surface area contributed by atoms with Crippen LogP contribution in [0.4, 0.5) is 5.69 Å². The number of hydrogen-bond donors (Lipinski definition) is 1. The number of imide groups is 1. The number of anilines is 1. The maximum atomic E-state index is 12.2. The molecule has 1 aliphatic heterocycles. The lowest BCUT2D eigenvalue weighted by Gasteiger charge is -2.15. The minimum Gasteiger partial charge on any atom is -0.481 e. The van der Waals surface area contributed by atoms with Crippen molar-refractivity contribution < 1.29 is 19.5 Å². The van der Waals surface area contributed by atoms with Gasteiger partial charge in [-0.05, 0) is 18.2 Å². The van der Waals surface area contributed by atoms with Gasteiger partial charge in [-0.1, -0.05) is 17.7 Å². The molecule has 1 aromatic rings. The number of halogens is 1. The first-order valence-corrected chi connectivity index (χ1v) is 7.37. The SMILES string of the molecule is O=C(O)CCSC1CC(=O)N(c2cccc(Cl)c2)C1=O. The molecule has 0 bridgehead atoms. The van der Waals surface area contributed by atoms with E-state index in [2.05, 4.69) is 0 Å². The molecule has 1 unspecified atom stereocenters. The normalized spacial score (nSPS) is 18.6. The summed E-state index contributed by atoms with van der Waals surface area (Å²) in [6.07, 6.45) is 0.0649. The Labute approximate surface area is 124 Å². The van der Waals surface area contributed by atoms with Gasteiger partial charge in [-0.2, -0.15) is 0 Å². The largest absolute Gasteiger partial charge is 0.481 e. The van der Waals surface area contributed by atoms with E-state index in [1.807, 2.05) is 0 Å². The van der Waals surface area contributed by atoms with E-state index in [1.54, 1.807) is 24.3 Å². The fraction of sp³-hybridized carbons (Fsp3) is 0.308.